The molecule has 1 aromatic rings. The maximum absolute atomic E-state index is 12.4. The van der Waals surface area contributed by atoms with Crippen LogP contribution >= 0.6 is 15.9 Å². The predicted molar refractivity (Wildman–Crippen MR) is 78.9 cm³/mol. The fraction of sp³-hybridized carbons (Fsp3) is 0.429. The molecule has 1 atom stereocenters. The monoisotopic (exact) mass is 357 g/mol. The highest BCUT2D eigenvalue weighted by molar-refractivity contribution is 9.10. The summed E-state index contributed by atoms with van der Waals surface area (Å²) in [4.78, 5) is 23.6. The summed E-state index contributed by atoms with van der Waals surface area (Å²) < 4.78 is 10.9. The zero-order valence-electron chi connectivity index (χ0n) is 11.7. The van der Waals surface area contributed by atoms with Gasteiger partial charge in [-0.05, 0) is 46.8 Å². The summed E-state index contributed by atoms with van der Waals surface area (Å²) in [6.45, 7) is 0. The van der Waals surface area contributed by atoms with Crippen molar-refractivity contribution in [1.29, 1.82) is 0 Å². The van der Waals surface area contributed by atoms with Crippen LogP contribution in [-0.2, 0) is 4.79 Å². The van der Waals surface area contributed by atoms with Crippen LogP contribution in [0.25, 0.3) is 0 Å². The number of hydrogen-bond acceptors (Lipinski definition) is 4. The van der Waals surface area contributed by atoms with Crippen LogP contribution in [0.5, 0.6) is 11.5 Å². The molecule has 7 heteroatoms. The van der Waals surface area contributed by atoms with Crippen LogP contribution in [0.3, 0.4) is 0 Å². The average molecular weight is 358 g/mol. The molecule has 0 spiro atoms. The number of carboxylic acid groups (broad SMARTS) is 1. The van der Waals surface area contributed by atoms with Crippen molar-refractivity contribution in [3.8, 4) is 11.5 Å². The lowest BCUT2D eigenvalue weighted by Crippen LogP contribution is -2.42. The van der Waals surface area contributed by atoms with E-state index in [9.17, 15) is 14.7 Å². The summed E-state index contributed by atoms with van der Waals surface area (Å²) in [7, 11) is 2.93. The highest BCUT2D eigenvalue weighted by atomic mass is 79.9. The first-order chi connectivity index (χ1) is 9.97. The Hall–Kier alpha value is -1.76. The van der Waals surface area contributed by atoms with E-state index < -0.39 is 17.9 Å². The molecular formula is C14H16BrNO5. The summed E-state index contributed by atoms with van der Waals surface area (Å²) in [5, 5.41) is 11.7. The van der Waals surface area contributed by atoms with Crippen molar-refractivity contribution in [2.45, 2.75) is 18.9 Å². The molecule has 0 heterocycles. The number of ether oxygens (including phenoxy) is 2. The first-order valence-corrected chi connectivity index (χ1v) is 7.22. The standard InChI is InChI=1S/C14H16BrNO5/c1-20-8-5-9(12(21-2)10(15)6-8)13(17)16-11(14(18)19)7-3-4-7/h5-7,11H,3-4H2,1-2H3,(H,16,17)(H,18,19). The number of nitrogens with one attached hydrogen (secondary N) is 1. The van der Waals surface area contributed by atoms with Crippen molar-refractivity contribution >= 4 is 27.8 Å². The molecule has 0 bridgehead atoms. The Kier molecular flexibility index (Phi) is 4.72. The van der Waals surface area contributed by atoms with Gasteiger partial charge in [-0.3, -0.25) is 4.79 Å². The molecule has 6 nitrogen and oxygen atoms in total. The molecule has 0 aliphatic heterocycles. The van der Waals surface area contributed by atoms with E-state index in [4.69, 9.17) is 9.47 Å². The van der Waals surface area contributed by atoms with Crippen LogP contribution in [0.1, 0.15) is 23.2 Å². The van der Waals surface area contributed by atoms with Crippen molar-refractivity contribution in [3.05, 3.63) is 22.2 Å². The molecule has 1 fully saturated rings. The van der Waals surface area contributed by atoms with Gasteiger partial charge in [0.2, 0.25) is 0 Å². The number of aliphatic carboxylic acids is 1. The molecule has 1 aliphatic carbocycles. The van der Waals surface area contributed by atoms with Gasteiger partial charge in [0.15, 0.2) is 0 Å². The van der Waals surface area contributed by atoms with Gasteiger partial charge in [-0.2, -0.15) is 0 Å². The Bertz CT molecular complexity index is 571. The lowest BCUT2D eigenvalue weighted by Gasteiger charge is -2.16. The van der Waals surface area contributed by atoms with Crippen LogP contribution in [-0.4, -0.2) is 37.2 Å². The highest BCUT2D eigenvalue weighted by Gasteiger charge is 2.37. The van der Waals surface area contributed by atoms with Crippen molar-refractivity contribution in [2.24, 2.45) is 5.92 Å². The Morgan fingerprint density at radius 2 is 2.00 bits per heavy atom. The van der Waals surface area contributed by atoms with Gasteiger partial charge >= 0.3 is 5.97 Å². The summed E-state index contributed by atoms with van der Waals surface area (Å²) in [5.74, 6) is -0.691. The van der Waals surface area contributed by atoms with E-state index in [0.717, 1.165) is 12.8 Å². The lowest BCUT2D eigenvalue weighted by molar-refractivity contribution is -0.139. The van der Waals surface area contributed by atoms with Gasteiger partial charge in [-0.15, -0.1) is 0 Å². The van der Waals surface area contributed by atoms with Gasteiger partial charge in [0.25, 0.3) is 5.91 Å². The molecule has 1 saturated carbocycles. The van der Waals surface area contributed by atoms with Crippen LogP contribution in [0, 0.1) is 5.92 Å². The maximum Gasteiger partial charge on any atom is 0.326 e. The fourth-order valence-corrected chi connectivity index (χ4v) is 2.69. The van der Waals surface area contributed by atoms with Gasteiger partial charge in [-0.25, -0.2) is 4.79 Å². The van der Waals surface area contributed by atoms with E-state index in [-0.39, 0.29) is 11.5 Å². The van der Waals surface area contributed by atoms with Gasteiger partial charge in [-0.1, -0.05) is 0 Å². The summed E-state index contributed by atoms with van der Waals surface area (Å²) >= 11 is 3.30. The van der Waals surface area contributed by atoms with E-state index >= 15 is 0 Å². The smallest absolute Gasteiger partial charge is 0.326 e. The third kappa shape index (κ3) is 3.47. The van der Waals surface area contributed by atoms with Crippen molar-refractivity contribution in [3.63, 3.8) is 0 Å². The zero-order valence-corrected chi connectivity index (χ0v) is 13.3. The summed E-state index contributed by atoms with van der Waals surface area (Å²) in [6.07, 6.45) is 1.63. The molecule has 0 saturated heterocycles. The van der Waals surface area contributed by atoms with Crippen LogP contribution in [0.4, 0.5) is 0 Å². The van der Waals surface area contributed by atoms with Crippen molar-refractivity contribution < 1.29 is 24.2 Å². The highest BCUT2D eigenvalue weighted by Crippen LogP contribution is 2.35. The molecule has 114 valence electrons. The van der Waals surface area contributed by atoms with Crippen LogP contribution < -0.4 is 14.8 Å². The quantitative estimate of drug-likeness (QED) is 0.813. The van der Waals surface area contributed by atoms with E-state index in [2.05, 4.69) is 21.2 Å². The van der Waals surface area contributed by atoms with Gasteiger partial charge in [0, 0.05) is 0 Å². The Morgan fingerprint density at radius 1 is 1.33 bits per heavy atom. The topological polar surface area (TPSA) is 84.9 Å². The van der Waals surface area contributed by atoms with Gasteiger partial charge in [0.1, 0.15) is 17.5 Å². The molecule has 1 amide bonds. The van der Waals surface area contributed by atoms with Gasteiger partial charge < -0.3 is 19.9 Å². The second kappa shape index (κ2) is 6.34. The Balaban J connectivity index is 2.29. The number of carboxylic acids is 1. The SMILES string of the molecule is COc1cc(Br)c(OC)c(C(=O)NC(C(=O)O)C2CC2)c1. The molecular weight excluding hydrogens is 342 g/mol. The van der Waals surface area contributed by atoms with Crippen molar-refractivity contribution in [1.82, 2.24) is 5.32 Å². The number of amides is 1. The minimum absolute atomic E-state index is 0.00601. The van der Waals surface area contributed by atoms with Crippen LogP contribution in [0.15, 0.2) is 16.6 Å². The normalized spacial score (nSPS) is 15.2. The average Bonchev–Trinajstić information content (AvgIpc) is 3.27. The van der Waals surface area contributed by atoms with E-state index in [0.29, 0.717) is 16.0 Å². The fourth-order valence-electron chi connectivity index (χ4n) is 2.09. The molecule has 2 rings (SSSR count). The molecule has 2 N–H and O–H groups in total. The molecule has 21 heavy (non-hydrogen) atoms. The first kappa shape index (κ1) is 15.6. The summed E-state index contributed by atoms with van der Waals surface area (Å²) in [5.41, 5.74) is 0.232. The second-order valence-corrected chi connectivity index (χ2v) is 5.67. The number of rotatable bonds is 6. The van der Waals surface area contributed by atoms with Gasteiger partial charge in [0.05, 0.1) is 24.3 Å². The zero-order chi connectivity index (χ0) is 15.6. The maximum atomic E-state index is 12.4. The molecule has 1 unspecified atom stereocenters. The van der Waals surface area contributed by atoms with Crippen molar-refractivity contribution in [2.75, 3.05) is 14.2 Å². The molecule has 1 aliphatic rings. The third-order valence-electron chi connectivity index (χ3n) is 3.35. The minimum Gasteiger partial charge on any atom is -0.497 e. The Morgan fingerprint density at radius 3 is 2.48 bits per heavy atom. The molecule has 0 aromatic heterocycles. The first-order valence-electron chi connectivity index (χ1n) is 6.43. The Labute approximate surface area is 130 Å². The van der Waals surface area contributed by atoms with E-state index in [1.54, 1.807) is 6.07 Å². The van der Waals surface area contributed by atoms with E-state index in [1.807, 2.05) is 0 Å². The predicted octanol–water partition coefficient (Wildman–Crippen LogP) is 2.06. The number of carbonyl (C=O) groups is 2. The largest absolute Gasteiger partial charge is 0.497 e. The number of methoxy groups -OCH3 is 2. The second-order valence-electron chi connectivity index (χ2n) is 4.82. The third-order valence-corrected chi connectivity index (χ3v) is 3.94. The number of hydrogen-bond donors (Lipinski definition) is 2. The lowest BCUT2D eigenvalue weighted by atomic mass is 10.1. The molecule has 1 aromatic carbocycles. The number of benzene rings is 1. The van der Waals surface area contributed by atoms with Crippen LogP contribution in [0.2, 0.25) is 0 Å². The number of halogens is 1. The van der Waals surface area contributed by atoms with E-state index in [1.165, 1.54) is 20.3 Å². The minimum atomic E-state index is -1.02. The molecule has 0 radical (unpaired) electrons. The number of carbonyl (C=O) groups excluding carboxylic acids is 1. The summed E-state index contributed by atoms with van der Waals surface area (Å²) in [6, 6.07) is 2.32.